The maximum atomic E-state index is 12.1. The van der Waals surface area contributed by atoms with Gasteiger partial charge in [0.15, 0.2) is 0 Å². The van der Waals surface area contributed by atoms with Gasteiger partial charge in [0.2, 0.25) is 0 Å². The van der Waals surface area contributed by atoms with E-state index < -0.39 is 5.97 Å². The van der Waals surface area contributed by atoms with Crippen LogP contribution in [-0.2, 0) is 4.74 Å². The molecule has 0 aliphatic carbocycles. The van der Waals surface area contributed by atoms with Crippen LogP contribution >= 0.6 is 0 Å². The van der Waals surface area contributed by atoms with Gasteiger partial charge in [-0.3, -0.25) is 4.98 Å². The van der Waals surface area contributed by atoms with Gasteiger partial charge in [0, 0.05) is 23.5 Å². The molecule has 6 heteroatoms. The van der Waals surface area contributed by atoms with E-state index in [9.17, 15) is 9.90 Å². The molecule has 3 heterocycles. The molecule has 0 saturated heterocycles. The van der Waals surface area contributed by atoms with E-state index in [1.54, 1.807) is 31.5 Å². The number of hydrogen-bond acceptors (Lipinski definition) is 6. The molecule has 3 aromatic rings. The maximum Gasteiger partial charge on any atom is 0.340 e. The van der Waals surface area contributed by atoms with Crippen LogP contribution in [0.3, 0.4) is 0 Å². The number of fused-ring (bicyclic) bond motifs is 1. The van der Waals surface area contributed by atoms with Crippen molar-refractivity contribution in [1.82, 2.24) is 9.97 Å². The Hall–Kier alpha value is -2.89. The lowest BCUT2D eigenvalue weighted by Crippen LogP contribution is -2.08. The van der Waals surface area contributed by atoms with Gasteiger partial charge in [-0.05, 0) is 13.0 Å². The number of rotatable bonds is 2. The quantitative estimate of drug-likeness (QED) is 0.728. The van der Waals surface area contributed by atoms with E-state index in [0.717, 1.165) is 0 Å². The number of carbonyl (C=O) groups excluding carboxylic acids is 1. The van der Waals surface area contributed by atoms with Crippen molar-refractivity contribution < 1.29 is 19.1 Å². The SMILES string of the molecule is COC(=O)c1c(C)nc2coc(O)c2c1-c1cccnc1. The van der Waals surface area contributed by atoms with Crippen LogP contribution in [0, 0.1) is 6.92 Å². The summed E-state index contributed by atoms with van der Waals surface area (Å²) >= 11 is 0. The standard InChI is InChI=1S/C15H12N2O4/c1-8-11(14(18)20-2)12(9-4-3-5-16-6-9)13-10(17-8)7-21-15(13)19/h3-7,19H,1-2H3. The van der Waals surface area contributed by atoms with E-state index in [1.807, 2.05) is 0 Å². The molecule has 0 atom stereocenters. The van der Waals surface area contributed by atoms with Crippen LogP contribution in [0.25, 0.3) is 22.0 Å². The number of furan rings is 1. The van der Waals surface area contributed by atoms with E-state index in [-0.39, 0.29) is 11.5 Å². The second kappa shape index (κ2) is 4.90. The highest BCUT2D eigenvalue weighted by Crippen LogP contribution is 2.38. The summed E-state index contributed by atoms with van der Waals surface area (Å²) in [6, 6.07) is 3.54. The first-order valence-electron chi connectivity index (χ1n) is 6.23. The molecule has 0 bridgehead atoms. The lowest BCUT2D eigenvalue weighted by molar-refractivity contribution is 0.0600. The summed E-state index contributed by atoms with van der Waals surface area (Å²) in [6.45, 7) is 1.70. The second-order valence-electron chi connectivity index (χ2n) is 4.48. The first-order valence-corrected chi connectivity index (χ1v) is 6.23. The van der Waals surface area contributed by atoms with E-state index in [1.165, 1.54) is 13.4 Å². The van der Waals surface area contributed by atoms with Crippen molar-refractivity contribution in [1.29, 1.82) is 0 Å². The Labute approximate surface area is 120 Å². The molecule has 3 rings (SSSR count). The summed E-state index contributed by atoms with van der Waals surface area (Å²) in [5.41, 5.74) is 2.43. The normalized spacial score (nSPS) is 10.8. The van der Waals surface area contributed by atoms with E-state index in [4.69, 9.17) is 9.15 Å². The largest absolute Gasteiger partial charge is 0.480 e. The fourth-order valence-corrected chi connectivity index (χ4v) is 2.35. The van der Waals surface area contributed by atoms with Crippen LogP contribution < -0.4 is 0 Å². The molecule has 0 aliphatic rings. The number of aromatic nitrogens is 2. The molecule has 0 unspecified atom stereocenters. The smallest absolute Gasteiger partial charge is 0.340 e. The zero-order chi connectivity index (χ0) is 15.0. The third-order valence-corrected chi connectivity index (χ3v) is 3.24. The molecule has 0 radical (unpaired) electrons. The predicted molar refractivity (Wildman–Crippen MR) is 75.0 cm³/mol. The first kappa shape index (κ1) is 13.1. The summed E-state index contributed by atoms with van der Waals surface area (Å²) in [5.74, 6) is -0.817. The zero-order valence-corrected chi connectivity index (χ0v) is 11.5. The Kier molecular flexibility index (Phi) is 3.06. The molecule has 0 spiro atoms. The van der Waals surface area contributed by atoms with E-state index in [0.29, 0.717) is 27.7 Å². The second-order valence-corrected chi connectivity index (χ2v) is 4.48. The number of carbonyl (C=O) groups is 1. The maximum absolute atomic E-state index is 12.1. The van der Waals surface area contributed by atoms with Gasteiger partial charge in [-0.15, -0.1) is 0 Å². The molecule has 0 aromatic carbocycles. The minimum absolute atomic E-state index is 0.287. The lowest BCUT2D eigenvalue weighted by Gasteiger charge is -2.11. The molecule has 0 aliphatic heterocycles. The molecular formula is C15H12N2O4. The lowest BCUT2D eigenvalue weighted by atomic mass is 9.97. The van der Waals surface area contributed by atoms with Gasteiger partial charge < -0.3 is 14.3 Å². The molecule has 0 amide bonds. The molecule has 1 N–H and O–H groups in total. The van der Waals surface area contributed by atoms with Gasteiger partial charge in [-0.2, -0.15) is 0 Å². The summed E-state index contributed by atoms with van der Waals surface area (Å²) in [7, 11) is 1.30. The van der Waals surface area contributed by atoms with Crippen molar-refractivity contribution in [2.24, 2.45) is 0 Å². The fraction of sp³-hybridized carbons (Fsp3) is 0.133. The number of esters is 1. The molecule has 3 aromatic heterocycles. The molecule has 106 valence electrons. The topological polar surface area (TPSA) is 85.5 Å². The van der Waals surface area contributed by atoms with Crippen molar-refractivity contribution in [2.75, 3.05) is 7.11 Å². The third kappa shape index (κ3) is 2.01. The van der Waals surface area contributed by atoms with Crippen molar-refractivity contribution in [3.8, 4) is 17.1 Å². The first-order chi connectivity index (χ1) is 10.1. The van der Waals surface area contributed by atoms with Gasteiger partial charge in [-0.1, -0.05) is 6.07 Å². The van der Waals surface area contributed by atoms with Crippen LogP contribution in [-0.4, -0.2) is 28.2 Å². The van der Waals surface area contributed by atoms with Crippen LogP contribution in [0.5, 0.6) is 5.95 Å². The number of pyridine rings is 2. The van der Waals surface area contributed by atoms with Crippen molar-refractivity contribution in [3.05, 3.63) is 42.0 Å². The van der Waals surface area contributed by atoms with Gasteiger partial charge in [0.25, 0.3) is 5.95 Å². The third-order valence-electron chi connectivity index (χ3n) is 3.24. The molecule has 6 nitrogen and oxygen atoms in total. The van der Waals surface area contributed by atoms with Gasteiger partial charge in [0.05, 0.1) is 23.8 Å². The number of methoxy groups -OCH3 is 1. The van der Waals surface area contributed by atoms with Crippen molar-refractivity contribution in [3.63, 3.8) is 0 Å². The van der Waals surface area contributed by atoms with Crippen LogP contribution in [0.15, 0.2) is 35.2 Å². The minimum Gasteiger partial charge on any atom is -0.480 e. The fourth-order valence-electron chi connectivity index (χ4n) is 2.35. The molecule has 0 saturated carbocycles. The highest BCUT2D eigenvalue weighted by Gasteiger charge is 2.24. The highest BCUT2D eigenvalue weighted by molar-refractivity contribution is 6.09. The average molecular weight is 284 g/mol. The summed E-state index contributed by atoms with van der Waals surface area (Å²) < 4.78 is 9.85. The number of hydrogen-bond donors (Lipinski definition) is 1. The van der Waals surface area contributed by atoms with Crippen LogP contribution in [0.2, 0.25) is 0 Å². The number of nitrogens with zero attached hydrogens (tertiary/aromatic N) is 2. The summed E-state index contributed by atoms with van der Waals surface area (Å²) in [4.78, 5) is 20.4. The van der Waals surface area contributed by atoms with E-state index >= 15 is 0 Å². The summed E-state index contributed by atoms with van der Waals surface area (Å²) in [5, 5.41) is 10.3. The number of aryl methyl sites for hydroxylation is 1. The molecule has 0 fully saturated rings. The van der Waals surface area contributed by atoms with E-state index in [2.05, 4.69) is 9.97 Å². The van der Waals surface area contributed by atoms with Gasteiger partial charge in [-0.25, -0.2) is 9.78 Å². The number of ether oxygens (including phenoxy) is 1. The Balaban J connectivity index is 2.47. The van der Waals surface area contributed by atoms with Crippen LogP contribution in [0.4, 0.5) is 0 Å². The zero-order valence-electron chi connectivity index (χ0n) is 11.5. The summed E-state index contributed by atoms with van der Waals surface area (Å²) in [6.07, 6.45) is 4.58. The number of aromatic hydroxyl groups is 1. The Morgan fingerprint density at radius 2 is 2.24 bits per heavy atom. The Bertz CT molecular complexity index is 825. The molecule has 21 heavy (non-hydrogen) atoms. The Morgan fingerprint density at radius 1 is 1.43 bits per heavy atom. The predicted octanol–water partition coefficient (Wildman–Crippen LogP) is 2.69. The minimum atomic E-state index is -0.527. The molecular weight excluding hydrogens is 272 g/mol. The monoisotopic (exact) mass is 284 g/mol. The van der Waals surface area contributed by atoms with Crippen molar-refractivity contribution >= 4 is 16.9 Å². The van der Waals surface area contributed by atoms with Gasteiger partial charge >= 0.3 is 5.97 Å². The van der Waals surface area contributed by atoms with Gasteiger partial charge in [0.1, 0.15) is 11.8 Å². The highest BCUT2D eigenvalue weighted by atomic mass is 16.5. The van der Waals surface area contributed by atoms with Crippen molar-refractivity contribution in [2.45, 2.75) is 6.92 Å². The Morgan fingerprint density at radius 3 is 2.90 bits per heavy atom. The average Bonchev–Trinajstić information content (AvgIpc) is 2.87. The van der Waals surface area contributed by atoms with Crippen LogP contribution in [0.1, 0.15) is 16.1 Å².